The van der Waals surface area contributed by atoms with Gasteiger partial charge < -0.3 is 5.32 Å². The first-order chi connectivity index (χ1) is 5.47. The van der Waals surface area contributed by atoms with Gasteiger partial charge in [0, 0.05) is 0 Å². The Morgan fingerprint density at radius 2 is 2.45 bits per heavy atom. The van der Waals surface area contributed by atoms with Gasteiger partial charge in [0.25, 0.3) is 0 Å². The Kier molecular flexibility index (Phi) is 1.85. The molecule has 1 aliphatic rings. The van der Waals surface area contributed by atoms with Crippen molar-refractivity contribution in [2.24, 2.45) is 0 Å². The molecule has 0 radical (unpaired) electrons. The van der Waals surface area contributed by atoms with Crippen molar-refractivity contribution in [3.63, 3.8) is 0 Å². The molecule has 0 aliphatic carbocycles. The second-order valence-corrected chi connectivity index (χ2v) is 2.90. The van der Waals surface area contributed by atoms with Crippen molar-refractivity contribution in [3.8, 4) is 0 Å². The molecule has 1 aromatic heterocycles. The molecule has 1 aromatic rings. The van der Waals surface area contributed by atoms with E-state index >= 15 is 0 Å². The lowest BCUT2D eigenvalue weighted by Gasteiger charge is -2.20. The van der Waals surface area contributed by atoms with Crippen molar-refractivity contribution in [1.29, 1.82) is 0 Å². The van der Waals surface area contributed by atoms with Crippen molar-refractivity contribution >= 4 is 0 Å². The maximum Gasteiger partial charge on any atom is 0.0993 e. The summed E-state index contributed by atoms with van der Waals surface area (Å²) in [5.74, 6) is 0. The fraction of sp³-hybridized carbons (Fsp3) is 0.714. The number of nitrogens with one attached hydrogen (secondary N) is 2. The van der Waals surface area contributed by atoms with Crippen molar-refractivity contribution < 1.29 is 0 Å². The lowest BCUT2D eigenvalue weighted by Crippen LogP contribution is -2.26. The minimum absolute atomic E-state index is 0.433. The Morgan fingerprint density at radius 3 is 3.09 bits per heavy atom. The van der Waals surface area contributed by atoms with Crippen LogP contribution < -0.4 is 5.32 Å². The summed E-state index contributed by atoms with van der Waals surface area (Å²) < 4.78 is 0. The van der Waals surface area contributed by atoms with Crippen LogP contribution >= 0.6 is 0 Å². The molecule has 11 heavy (non-hydrogen) atoms. The van der Waals surface area contributed by atoms with Crippen LogP contribution in [0.15, 0.2) is 6.20 Å². The highest BCUT2D eigenvalue weighted by molar-refractivity contribution is 5.00. The fourth-order valence-electron chi connectivity index (χ4n) is 1.48. The van der Waals surface area contributed by atoms with Gasteiger partial charge in [-0.1, -0.05) is 6.42 Å². The number of H-pyrrole nitrogens is 1. The minimum Gasteiger partial charge on any atom is -0.309 e. The van der Waals surface area contributed by atoms with Gasteiger partial charge in [-0.15, -0.1) is 0 Å². The fourth-order valence-corrected chi connectivity index (χ4v) is 1.48. The molecule has 4 heteroatoms. The SMILES string of the molecule is c1n[nH]nc1C1CCCCN1. The molecule has 2 heterocycles. The molecular formula is C7H12N4. The molecule has 2 rings (SSSR count). The van der Waals surface area contributed by atoms with Gasteiger partial charge in [-0.3, -0.25) is 0 Å². The first-order valence-corrected chi connectivity index (χ1v) is 4.06. The monoisotopic (exact) mass is 152 g/mol. The van der Waals surface area contributed by atoms with Gasteiger partial charge in [0.15, 0.2) is 0 Å². The molecule has 0 saturated carbocycles. The molecule has 0 bridgehead atoms. The van der Waals surface area contributed by atoms with Gasteiger partial charge in [-0.2, -0.15) is 15.4 Å². The van der Waals surface area contributed by atoms with E-state index in [0.29, 0.717) is 6.04 Å². The largest absolute Gasteiger partial charge is 0.309 e. The van der Waals surface area contributed by atoms with E-state index in [-0.39, 0.29) is 0 Å². The zero-order valence-corrected chi connectivity index (χ0v) is 6.38. The molecule has 1 fully saturated rings. The Morgan fingerprint density at radius 1 is 1.45 bits per heavy atom. The summed E-state index contributed by atoms with van der Waals surface area (Å²) in [6, 6.07) is 0.433. The summed E-state index contributed by atoms with van der Waals surface area (Å²) >= 11 is 0. The highest BCUT2D eigenvalue weighted by Crippen LogP contribution is 2.19. The maximum absolute atomic E-state index is 4.04. The molecule has 60 valence electrons. The van der Waals surface area contributed by atoms with Crippen molar-refractivity contribution in [3.05, 3.63) is 11.9 Å². The molecule has 1 atom stereocenters. The summed E-state index contributed by atoms with van der Waals surface area (Å²) in [4.78, 5) is 0. The van der Waals surface area contributed by atoms with E-state index in [1.54, 1.807) is 6.20 Å². The smallest absolute Gasteiger partial charge is 0.0993 e. The Hall–Kier alpha value is -0.900. The van der Waals surface area contributed by atoms with Crippen molar-refractivity contribution in [1.82, 2.24) is 20.7 Å². The lowest BCUT2D eigenvalue weighted by molar-refractivity contribution is 0.405. The predicted molar refractivity (Wildman–Crippen MR) is 41.0 cm³/mol. The van der Waals surface area contributed by atoms with E-state index in [0.717, 1.165) is 12.2 Å². The third-order valence-electron chi connectivity index (χ3n) is 2.10. The predicted octanol–water partition coefficient (Wildman–Crippen LogP) is 0.619. The number of rotatable bonds is 1. The molecule has 0 spiro atoms. The van der Waals surface area contributed by atoms with Crippen LogP contribution in [0.1, 0.15) is 31.0 Å². The van der Waals surface area contributed by atoms with Gasteiger partial charge >= 0.3 is 0 Å². The third kappa shape index (κ3) is 1.40. The number of aromatic nitrogens is 3. The maximum atomic E-state index is 4.04. The summed E-state index contributed by atoms with van der Waals surface area (Å²) in [6.07, 6.45) is 5.56. The van der Waals surface area contributed by atoms with E-state index in [2.05, 4.69) is 20.7 Å². The topological polar surface area (TPSA) is 53.6 Å². The van der Waals surface area contributed by atoms with Gasteiger partial charge in [-0.05, 0) is 19.4 Å². The second-order valence-electron chi connectivity index (χ2n) is 2.90. The van der Waals surface area contributed by atoms with E-state index in [9.17, 15) is 0 Å². The van der Waals surface area contributed by atoms with Crippen molar-refractivity contribution in [2.45, 2.75) is 25.3 Å². The average Bonchev–Trinajstić information content (AvgIpc) is 2.58. The summed E-state index contributed by atoms with van der Waals surface area (Å²) in [6.45, 7) is 1.11. The van der Waals surface area contributed by atoms with Crippen molar-refractivity contribution in [2.75, 3.05) is 6.54 Å². The number of nitrogens with zero attached hydrogens (tertiary/aromatic N) is 2. The lowest BCUT2D eigenvalue weighted by atomic mass is 10.0. The van der Waals surface area contributed by atoms with Crippen LogP contribution in [-0.2, 0) is 0 Å². The van der Waals surface area contributed by atoms with Gasteiger partial charge in [-0.25, -0.2) is 0 Å². The quantitative estimate of drug-likeness (QED) is 0.620. The van der Waals surface area contributed by atoms with E-state index in [1.165, 1.54) is 19.3 Å². The molecular weight excluding hydrogens is 140 g/mol. The van der Waals surface area contributed by atoms with Crippen LogP contribution in [0.3, 0.4) is 0 Å². The normalized spacial score (nSPS) is 25.3. The molecule has 0 aromatic carbocycles. The van der Waals surface area contributed by atoms with Crippen LogP contribution in [0.4, 0.5) is 0 Å². The molecule has 4 nitrogen and oxygen atoms in total. The number of hydrogen-bond donors (Lipinski definition) is 2. The van der Waals surface area contributed by atoms with Crippen LogP contribution in [-0.4, -0.2) is 22.0 Å². The molecule has 1 unspecified atom stereocenters. The van der Waals surface area contributed by atoms with E-state index in [1.807, 2.05) is 0 Å². The van der Waals surface area contributed by atoms with Gasteiger partial charge in [0.05, 0.1) is 17.9 Å². The molecule has 1 aliphatic heterocycles. The number of piperidine rings is 1. The first-order valence-electron chi connectivity index (χ1n) is 4.06. The zero-order chi connectivity index (χ0) is 7.52. The van der Waals surface area contributed by atoms with Crippen LogP contribution in [0.2, 0.25) is 0 Å². The standard InChI is InChI=1S/C7H12N4/c1-2-4-8-6(3-1)7-5-9-11-10-7/h5-6,8H,1-4H2,(H,9,10,11). The highest BCUT2D eigenvalue weighted by atomic mass is 15.3. The second kappa shape index (κ2) is 3.00. The van der Waals surface area contributed by atoms with E-state index < -0.39 is 0 Å². The van der Waals surface area contributed by atoms with Crippen LogP contribution in [0.25, 0.3) is 0 Å². The Balaban J connectivity index is 2.04. The number of aromatic amines is 1. The zero-order valence-electron chi connectivity index (χ0n) is 6.38. The van der Waals surface area contributed by atoms with Gasteiger partial charge in [0.1, 0.15) is 0 Å². The average molecular weight is 152 g/mol. The molecule has 1 saturated heterocycles. The summed E-state index contributed by atoms with van der Waals surface area (Å²) in [7, 11) is 0. The van der Waals surface area contributed by atoms with E-state index in [4.69, 9.17) is 0 Å². The van der Waals surface area contributed by atoms with Gasteiger partial charge in [0.2, 0.25) is 0 Å². The molecule has 2 N–H and O–H groups in total. The summed E-state index contributed by atoms with van der Waals surface area (Å²) in [5, 5.41) is 13.8. The summed E-state index contributed by atoms with van der Waals surface area (Å²) in [5.41, 5.74) is 1.05. The van der Waals surface area contributed by atoms with Crippen LogP contribution in [0, 0.1) is 0 Å². The van der Waals surface area contributed by atoms with Crippen LogP contribution in [0.5, 0.6) is 0 Å². The Labute approximate surface area is 65.4 Å². The first kappa shape index (κ1) is 6.79. The third-order valence-corrected chi connectivity index (χ3v) is 2.10. The molecule has 0 amide bonds. The highest BCUT2D eigenvalue weighted by Gasteiger charge is 2.15. The Bertz CT molecular complexity index is 200. The number of hydrogen-bond acceptors (Lipinski definition) is 3. The minimum atomic E-state index is 0.433.